The standard InChI is InChI=1S/C17H18N4O5S/c1-26-19-7-10-8-27-16-12(15(23)21(16)13(10)17(24)25)20-14(22)11(18)9-5-3-2-4-6-9/h2-7,11-12,16H,8,18H2,1H3,(H,20,22)(H,24,25)/t11-,12?,16-/m0/s1. The summed E-state index contributed by atoms with van der Waals surface area (Å²) in [5.41, 5.74) is 6.79. The highest BCUT2D eigenvalue weighted by molar-refractivity contribution is 8.00. The van der Waals surface area contributed by atoms with Crippen molar-refractivity contribution in [2.45, 2.75) is 17.5 Å². The van der Waals surface area contributed by atoms with Crippen LogP contribution in [-0.2, 0) is 19.2 Å². The van der Waals surface area contributed by atoms with Gasteiger partial charge in [-0.2, -0.15) is 0 Å². The molecule has 2 heterocycles. The van der Waals surface area contributed by atoms with Crippen molar-refractivity contribution in [2.75, 3.05) is 12.9 Å². The molecule has 27 heavy (non-hydrogen) atoms. The lowest BCUT2D eigenvalue weighted by atomic mass is 10.0. The minimum Gasteiger partial charge on any atom is -0.477 e. The number of carboxylic acids is 1. The number of nitrogens with one attached hydrogen (secondary N) is 1. The number of aliphatic carboxylic acids is 1. The lowest BCUT2D eigenvalue weighted by Gasteiger charge is -2.49. The Hall–Kier alpha value is -2.85. The first-order valence-electron chi connectivity index (χ1n) is 8.04. The van der Waals surface area contributed by atoms with Crippen LogP contribution in [0.3, 0.4) is 0 Å². The molecule has 10 heteroatoms. The van der Waals surface area contributed by atoms with E-state index in [4.69, 9.17) is 5.73 Å². The van der Waals surface area contributed by atoms with Gasteiger partial charge in [0.15, 0.2) is 0 Å². The van der Waals surface area contributed by atoms with E-state index in [9.17, 15) is 19.5 Å². The summed E-state index contributed by atoms with van der Waals surface area (Å²) in [5, 5.41) is 15.2. The van der Waals surface area contributed by atoms with Gasteiger partial charge >= 0.3 is 5.97 Å². The average molecular weight is 390 g/mol. The third kappa shape index (κ3) is 3.53. The Kier molecular flexibility index (Phi) is 5.47. The predicted octanol–water partition coefficient (Wildman–Crippen LogP) is 0.0572. The zero-order chi connectivity index (χ0) is 19.6. The number of benzene rings is 1. The molecule has 9 nitrogen and oxygen atoms in total. The van der Waals surface area contributed by atoms with Gasteiger partial charge in [0.25, 0.3) is 5.91 Å². The molecule has 3 atom stereocenters. The highest BCUT2D eigenvalue weighted by Gasteiger charge is 2.54. The molecule has 2 amide bonds. The maximum absolute atomic E-state index is 12.5. The molecule has 0 aromatic heterocycles. The van der Waals surface area contributed by atoms with E-state index in [1.807, 2.05) is 6.07 Å². The summed E-state index contributed by atoms with van der Waals surface area (Å²) in [4.78, 5) is 42.3. The number of thioether (sulfide) groups is 1. The second kappa shape index (κ2) is 7.80. The van der Waals surface area contributed by atoms with Crippen molar-refractivity contribution in [3.63, 3.8) is 0 Å². The first kappa shape index (κ1) is 18.9. The molecule has 3 rings (SSSR count). The molecule has 1 aromatic rings. The van der Waals surface area contributed by atoms with Crippen molar-refractivity contribution in [1.29, 1.82) is 0 Å². The van der Waals surface area contributed by atoms with Crippen molar-refractivity contribution < 1.29 is 24.3 Å². The number of carboxylic acid groups (broad SMARTS) is 1. The van der Waals surface area contributed by atoms with Gasteiger partial charge in [-0.05, 0) is 5.56 Å². The third-order valence-electron chi connectivity index (χ3n) is 4.25. The number of rotatable bonds is 6. The van der Waals surface area contributed by atoms with E-state index in [0.717, 1.165) is 4.90 Å². The quantitative estimate of drug-likeness (QED) is 0.355. The molecule has 1 saturated heterocycles. The van der Waals surface area contributed by atoms with Gasteiger partial charge in [-0.15, -0.1) is 11.8 Å². The number of hydrogen-bond donors (Lipinski definition) is 3. The molecule has 1 fully saturated rings. The number of hydrogen-bond acceptors (Lipinski definition) is 7. The third-order valence-corrected chi connectivity index (χ3v) is 5.56. The van der Waals surface area contributed by atoms with Crippen LogP contribution in [0.25, 0.3) is 0 Å². The molecular weight excluding hydrogens is 372 g/mol. The molecule has 0 saturated carbocycles. The van der Waals surface area contributed by atoms with Crippen molar-refractivity contribution in [2.24, 2.45) is 10.9 Å². The Morgan fingerprint density at radius 1 is 1.44 bits per heavy atom. The summed E-state index contributed by atoms with van der Waals surface area (Å²) in [6.45, 7) is 0. The van der Waals surface area contributed by atoms with Crippen LogP contribution >= 0.6 is 11.8 Å². The Labute approximate surface area is 159 Å². The largest absolute Gasteiger partial charge is 0.477 e. The van der Waals surface area contributed by atoms with Gasteiger partial charge < -0.3 is 21.0 Å². The lowest BCUT2D eigenvalue weighted by Crippen LogP contribution is -2.71. The van der Waals surface area contributed by atoms with Crippen molar-refractivity contribution in [3.8, 4) is 0 Å². The lowest BCUT2D eigenvalue weighted by molar-refractivity contribution is -0.150. The van der Waals surface area contributed by atoms with Crippen molar-refractivity contribution in [3.05, 3.63) is 47.2 Å². The zero-order valence-electron chi connectivity index (χ0n) is 14.4. The Morgan fingerprint density at radius 2 is 2.15 bits per heavy atom. The van der Waals surface area contributed by atoms with Gasteiger partial charge in [0.2, 0.25) is 5.91 Å². The molecule has 0 radical (unpaired) electrons. The fraction of sp³-hybridized carbons (Fsp3) is 0.294. The van der Waals surface area contributed by atoms with E-state index in [-0.39, 0.29) is 5.70 Å². The summed E-state index contributed by atoms with van der Waals surface area (Å²) in [6.07, 6.45) is 1.27. The number of carbonyl (C=O) groups is 3. The Balaban J connectivity index is 1.74. The molecule has 1 aromatic carbocycles. The van der Waals surface area contributed by atoms with Crippen LogP contribution in [0.1, 0.15) is 11.6 Å². The van der Waals surface area contributed by atoms with Crippen LogP contribution in [0, 0.1) is 0 Å². The van der Waals surface area contributed by atoms with Crippen LogP contribution in [0.4, 0.5) is 0 Å². The number of carbonyl (C=O) groups excluding carboxylic acids is 2. The van der Waals surface area contributed by atoms with E-state index in [1.165, 1.54) is 25.1 Å². The minimum absolute atomic E-state index is 0.151. The second-order valence-corrected chi connectivity index (χ2v) is 6.99. The predicted molar refractivity (Wildman–Crippen MR) is 98.6 cm³/mol. The van der Waals surface area contributed by atoms with E-state index >= 15 is 0 Å². The summed E-state index contributed by atoms with van der Waals surface area (Å²) in [5.74, 6) is -1.91. The van der Waals surface area contributed by atoms with Gasteiger partial charge in [-0.25, -0.2) is 4.79 Å². The summed E-state index contributed by atoms with van der Waals surface area (Å²) >= 11 is 1.34. The first-order chi connectivity index (χ1) is 13.0. The number of β-lactam (4-membered cyclic amide) rings is 1. The first-order valence-corrected chi connectivity index (χ1v) is 9.09. The molecule has 0 spiro atoms. The smallest absolute Gasteiger partial charge is 0.353 e. The van der Waals surface area contributed by atoms with Gasteiger partial charge in [0.1, 0.15) is 30.3 Å². The molecule has 4 N–H and O–H groups in total. The summed E-state index contributed by atoms with van der Waals surface area (Å²) in [6, 6.07) is 7.05. The highest BCUT2D eigenvalue weighted by Crippen LogP contribution is 2.40. The molecule has 0 bridgehead atoms. The second-order valence-electron chi connectivity index (χ2n) is 5.88. The van der Waals surface area contributed by atoms with Crippen LogP contribution in [0.5, 0.6) is 0 Å². The molecule has 142 valence electrons. The average Bonchev–Trinajstić information content (AvgIpc) is 2.69. The normalized spacial score (nSPS) is 22.9. The van der Waals surface area contributed by atoms with E-state index in [0.29, 0.717) is 16.9 Å². The monoisotopic (exact) mass is 390 g/mol. The number of nitrogens with two attached hydrogens (primary N) is 1. The molecule has 1 unspecified atom stereocenters. The van der Waals surface area contributed by atoms with Gasteiger partial charge in [0.05, 0.1) is 6.21 Å². The number of fused-ring (bicyclic) bond motifs is 1. The topological polar surface area (TPSA) is 134 Å². The van der Waals surface area contributed by atoms with Crippen LogP contribution in [0.15, 0.2) is 46.8 Å². The van der Waals surface area contributed by atoms with E-state index in [1.54, 1.807) is 24.3 Å². The maximum Gasteiger partial charge on any atom is 0.353 e. The number of oxime groups is 1. The van der Waals surface area contributed by atoms with E-state index < -0.39 is 35.2 Å². The number of amides is 2. The molecule has 0 aliphatic carbocycles. The van der Waals surface area contributed by atoms with Crippen molar-refractivity contribution >= 4 is 35.8 Å². The van der Waals surface area contributed by atoms with Gasteiger partial charge in [-0.3, -0.25) is 14.5 Å². The molecule has 2 aliphatic rings. The number of nitrogens with zero attached hydrogens (tertiary/aromatic N) is 2. The Morgan fingerprint density at radius 3 is 2.78 bits per heavy atom. The Bertz CT molecular complexity index is 826. The molecule has 2 aliphatic heterocycles. The van der Waals surface area contributed by atoms with Gasteiger partial charge in [-0.1, -0.05) is 35.5 Å². The van der Waals surface area contributed by atoms with Crippen molar-refractivity contribution in [1.82, 2.24) is 10.2 Å². The van der Waals surface area contributed by atoms with Crippen LogP contribution in [0.2, 0.25) is 0 Å². The van der Waals surface area contributed by atoms with Crippen LogP contribution in [-0.4, -0.2) is 58.3 Å². The summed E-state index contributed by atoms with van der Waals surface area (Å²) < 4.78 is 0. The molecular formula is C17H18N4O5S. The minimum atomic E-state index is -1.24. The fourth-order valence-electron chi connectivity index (χ4n) is 2.91. The van der Waals surface area contributed by atoms with Gasteiger partial charge in [0, 0.05) is 11.3 Å². The van der Waals surface area contributed by atoms with Crippen LogP contribution < -0.4 is 11.1 Å². The maximum atomic E-state index is 12.5. The summed E-state index contributed by atoms with van der Waals surface area (Å²) in [7, 11) is 1.34. The zero-order valence-corrected chi connectivity index (χ0v) is 15.2. The van der Waals surface area contributed by atoms with E-state index in [2.05, 4.69) is 15.3 Å². The SMILES string of the molecule is CON=CC1=C(C(=O)O)N2C(=O)C(NC(=O)[C@@H](N)c3ccccc3)[C@@H]2SC1. The fourth-order valence-corrected chi connectivity index (χ4v) is 4.21. The highest BCUT2D eigenvalue weighted by atomic mass is 32.2.